The van der Waals surface area contributed by atoms with Gasteiger partial charge in [0.05, 0.1) is 12.2 Å². The van der Waals surface area contributed by atoms with E-state index in [1.165, 1.54) is 0 Å². The van der Waals surface area contributed by atoms with Crippen LogP contribution in [-0.4, -0.2) is 74.8 Å². The molecule has 0 atom stereocenters. The van der Waals surface area contributed by atoms with E-state index in [9.17, 15) is 9.59 Å². The molecule has 0 radical (unpaired) electrons. The minimum atomic E-state index is -0.458. The van der Waals surface area contributed by atoms with Crippen LogP contribution in [-0.2, 0) is 4.79 Å². The van der Waals surface area contributed by atoms with Crippen molar-refractivity contribution in [2.75, 3.05) is 37.6 Å². The molecule has 4 aromatic rings. The quantitative estimate of drug-likeness (QED) is 0.460. The topological polar surface area (TPSA) is 122 Å². The number of nitrogens with one attached hydrogen (secondary N) is 1. The fourth-order valence-corrected chi connectivity index (χ4v) is 3.75. The van der Waals surface area contributed by atoms with Gasteiger partial charge in [0.25, 0.3) is 5.91 Å². The van der Waals surface area contributed by atoms with Crippen LogP contribution in [0.15, 0.2) is 71.3 Å². The second kappa shape index (κ2) is 9.53. The zero-order valence-corrected chi connectivity index (χ0v) is 18.2. The lowest BCUT2D eigenvalue weighted by molar-refractivity contribution is -0.130. The molecule has 0 unspecified atom stereocenters. The molecule has 11 heteroatoms. The van der Waals surface area contributed by atoms with Gasteiger partial charge in [0.15, 0.2) is 11.5 Å². The van der Waals surface area contributed by atoms with Crippen molar-refractivity contribution < 1.29 is 14.1 Å². The van der Waals surface area contributed by atoms with Crippen LogP contribution < -0.4 is 10.2 Å². The summed E-state index contributed by atoms with van der Waals surface area (Å²) in [5, 5.41) is 18.5. The van der Waals surface area contributed by atoms with E-state index in [1.54, 1.807) is 15.6 Å². The number of para-hydroxylation sites is 1. The molecule has 2 aromatic heterocycles. The van der Waals surface area contributed by atoms with E-state index in [0.29, 0.717) is 37.9 Å². The second-order valence-corrected chi connectivity index (χ2v) is 7.72. The number of piperazine rings is 1. The van der Waals surface area contributed by atoms with Crippen LogP contribution in [0.25, 0.3) is 17.0 Å². The summed E-state index contributed by atoms with van der Waals surface area (Å²) in [4.78, 5) is 28.8. The van der Waals surface area contributed by atoms with Gasteiger partial charge in [-0.2, -0.15) is 4.68 Å². The summed E-state index contributed by atoms with van der Waals surface area (Å²) in [7, 11) is 0. The molecule has 2 aromatic carbocycles. The van der Waals surface area contributed by atoms with E-state index in [4.69, 9.17) is 4.52 Å². The van der Waals surface area contributed by atoms with Gasteiger partial charge in [-0.25, -0.2) is 0 Å². The Hall–Kier alpha value is -4.54. The van der Waals surface area contributed by atoms with Crippen molar-refractivity contribution in [1.29, 1.82) is 0 Å². The van der Waals surface area contributed by atoms with Gasteiger partial charge in [0, 0.05) is 37.8 Å². The molecule has 0 aliphatic carbocycles. The molecule has 0 saturated carbocycles. The van der Waals surface area contributed by atoms with Crippen LogP contribution in [0.4, 0.5) is 5.95 Å². The lowest BCUT2D eigenvalue weighted by Crippen LogP contribution is -2.51. The molecule has 5 rings (SSSR count). The molecule has 34 heavy (non-hydrogen) atoms. The first kappa shape index (κ1) is 21.3. The summed E-state index contributed by atoms with van der Waals surface area (Å²) in [6, 6.07) is 20.6. The van der Waals surface area contributed by atoms with Crippen molar-refractivity contribution in [3.05, 3.63) is 72.4 Å². The normalized spacial score (nSPS) is 13.6. The molecule has 172 valence electrons. The number of aromatic nitrogens is 5. The fourth-order valence-electron chi connectivity index (χ4n) is 3.75. The molecule has 1 aliphatic rings. The van der Waals surface area contributed by atoms with Crippen molar-refractivity contribution in [2.45, 2.75) is 0 Å². The Morgan fingerprint density at radius 2 is 1.65 bits per heavy atom. The fraction of sp³-hybridized carbons (Fsp3) is 0.217. The Morgan fingerprint density at radius 3 is 2.38 bits per heavy atom. The number of hydrogen-bond donors (Lipinski definition) is 1. The van der Waals surface area contributed by atoms with Gasteiger partial charge in [-0.05, 0) is 22.6 Å². The van der Waals surface area contributed by atoms with Crippen LogP contribution in [0.5, 0.6) is 0 Å². The van der Waals surface area contributed by atoms with E-state index in [1.807, 2.05) is 65.6 Å². The van der Waals surface area contributed by atoms with Crippen LogP contribution in [0.1, 0.15) is 10.5 Å². The average Bonchev–Trinajstić information content (AvgIpc) is 3.59. The van der Waals surface area contributed by atoms with Crippen LogP contribution in [0.3, 0.4) is 0 Å². The van der Waals surface area contributed by atoms with E-state index < -0.39 is 5.91 Å². The molecule has 1 aliphatic heterocycles. The first-order valence-corrected chi connectivity index (χ1v) is 10.9. The van der Waals surface area contributed by atoms with E-state index in [-0.39, 0.29) is 18.1 Å². The highest BCUT2D eigenvalue weighted by Gasteiger charge is 2.25. The van der Waals surface area contributed by atoms with Gasteiger partial charge in [0.2, 0.25) is 11.9 Å². The molecule has 1 saturated heterocycles. The largest absolute Gasteiger partial charge is 0.355 e. The molecular formula is C23H22N8O3. The zero-order chi connectivity index (χ0) is 23.3. The van der Waals surface area contributed by atoms with Crippen LogP contribution >= 0.6 is 0 Å². The Balaban J connectivity index is 1.13. The number of tetrazole rings is 1. The van der Waals surface area contributed by atoms with Crippen LogP contribution in [0.2, 0.25) is 0 Å². The molecular weight excluding hydrogens is 436 g/mol. The number of hydrogen-bond acceptors (Lipinski definition) is 8. The number of carbonyl (C=O) groups excluding carboxylic acids is 2. The number of carbonyl (C=O) groups is 2. The van der Waals surface area contributed by atoms with E-state index >= 15 is 0 Å². The molecule has 1 N–H and O–H groups in total. The minimum Gasteiger partial charge on any atom is -0.355 e. The third-order valence-corrected chi connectivity index (χ3v) is 5.57. The van der Waals surface area contributed by atoms with Crippen molar-refractivity contribution in [2.24, 2.45) is 0 Å². The molecule has 0 bridgehead atoms. The lowest BCUT2D eigenvalue weighted by Gasteiger charge is -2.34. The molecule has 2 amide bonds. The van der Waals surface area contributed by atoms with Crippen molar-refractivity contribution in [1.82, 2.24) is 35.6 Å². The summed E-state index contributed by atoms with van der Waals surface area (Å²) in [5.41, 5.74) is 1.82. The smallest absolute Gasteiger partial charge is 0.273 e. The highest BCUT2D eigenvalue weighted by atomic mass is 16.5. The van der Waals surface area contributed by atoms with Gasteiger partial charge in [-0.1, -0.05) is 58.8 Å². The van der Waals surface area contributed by atoms with Crippen LogP contribution in [0, 0.1) is 0 Å². The third kappa shape index (κ3) is 4.49. The molecule has 3 heterocycles. The number of anilines is 1. The zero-order valence-electron chi connectivity index (χ0n) is 18.2. The number of nitrogens with zero attached hydrogens (tertiary/aromatic N) is 7. The molecule has 11 nitrogen and oxygen atoms in total. The van der Waals surface area contributed by atoms with Gasteiger partial charge in [-0.3, -0.25) is 9.59 Å². The summed E-state index contributed by atoms with van der Waals surface area (Å²) in [6.45, 7) is 2.04. The predicted octanol–water partition coefficient (Wildman–Crippen LogP) is 1.40. The lowest BCUT2D eigenvalue weighted by atomic mass is 10.1. The Bertz CT molecular complexity index is 1260. The van der Waals surface area contributed by atoms with Gasteiger partial charge >= 0.3 is 0 Å². The van der Waals surface area contributed by atoms with Gasteiger partial charge in [-0.15, -0.1) is 0 Å². The number of rotatable bonds is 6. The maximum Gasteiger partial charge on any atom is 0.273 e. The minimum absolute atomic E-state index is 0.117. The highest BCUT2D eigenvalue weighted by Crippen LogP contribution is 2.20. The SMILES string of the molecule is O=C(NCC(=O)N1CCN(c2nnnn2-c2ccccc2)CC1)c1cc(-c2ccccc2)on1. The highest BCUT2D eigenvalue weighted by molar-refractivity contribution is 5.95. The van der Waals surface area contributed by atoms with Crippen molar-refractivity contribution in [3.63, 3.8) is 0 Å². The summed E-state index contributed by atoms with van der Waals surface area (Å²) in [6.07, 6.45) is 0. The first-order valence-electron chi connectivity index (χ1n) is 10.9. The predicted molar refractivity (Wildman–Crippen MR) is 122 cm³/mol. The standard InChI is InChI=1S/C23H22N8O3/c32-21(16-24-22(33)19-15-20(34-26-19)17-7-3-1-4-8-17)29-11-13-30(14-12-29)23-25-27-28-31(23)18-9-5-2-6-10-18/h1-10,15H,11-14,16H2,(H,24,33). The number of benzene rings is 2. The Kier molecular flexibility index (Phi) is 5.97. The first-order chi connectivity index (χ1) is 16.7. The average molecular weight is 458 g/mol. The van der Waals surface area contributed by atoms with E-state index in [0.717, 1.165) is 11.3 Å². The summed E-state index contributed by atoms with van der Waals surface area (Å²) < 4.78 is 6.93. The van der Waals surface area contributed by atoms with Crippen molar-refractivity contribution in [3.8, 4) is 17.0 Å². The van der Waals surface area contributed by atoms with E-state index in [2.05, 4.69) is 26.0 Å². The maximum atomic E-state index is 12.6. The van der Waals surface area contributed by atoms with Gasteiger partial charge in [0.1, 0.15) is 0 Å². The summed E-state index contributed by atoms with van der Waals surface area (Å²) in [5.74, 6) is 0.500. The third-order valence-electron chi connectivity index (χ3n) is 5.57. The monoisotopic (exact) mass is 458 g/mol. The maximum absolute atomic E-state index is 12.6. The second-order valence-electron chi connectivity index (χ2n) is 7.72. The number of amides is 2. The Labute approximate surface area is 194 Å². The molecule has 1 fully saturated rings. The Morgan fingerprint density at radius 1 is 0.941 bits per heavy atom. The van der Waals surface area contributed by atoms with Crippen molar-refractivity contribution >= 4 is 17.8 Å². The summed E-state index contributed by atoms with van der Waals surface area (Å²) >= 11 is 0. The van der Waals surface area contributed by atoms with Gasteiger partial charge < -0.3 is 19.6 Å². The molecule has 0 spiro atoms.